The second kappa shape index (κ2) is 8.22. The maximum Gasteiger partial charge on any atom is 0.260 e. The molecule has 27 heavy (non-hydrogen) atoms. The van der Waals surface area contributed by atoms with E-state index < -0.39 is 0 Å². The van der Waals surface area contributed by atoms with Crippen molar-refractivity contribution in [3.63, 3.8) is 0 Å². The van der Waals surface area contributed by atoms with Crippen LogP contribution in [0.1, 0.15) is 15.9 Å². The Labute approximate surface area is 164 Å². The van der Waals surface area contributed by atoms with Crippen LogP contribution in [0.15, 0.2) is 53.1 Å². The number of anilines is 1. The summed E-state index contributed by atoms with van der Waals surface area (Å²) in [4.78, 5) is 12.6. The van der Waals surface area contributed by atoms with Crippen LogP contribution in [0, 0.1) is 5.82 Å². The number of rotatable bonds is 6. The fourth-order valence-corrected chi connectivity index (χ4v) is 2.92. The molecule has 0 fully saturated rings. The van der Waals surface area contributed by atoms with Crippen LogP contribution in [0.5, 0.6) is 11.5 Å². The molecule has 140 valence electrons. The van der Waals surface area contributed by atoms with E-state index >= 15 is 0 Å². The fraction of sp³-hybridized carbons (Fsp3) is 0.158. The molecule has 6 nitrogen and oxygen atoms in total. The number of carbonyl (C=O) groups is 1. The molecule has 8 heteroatoms. The highest BCUT2D eigenvalue weighted by atomic mass is 79.9. The molecule has 0 aliphatic carbocycles. The molecule has 0 atom stereocenters. The van der Waals surface area contributed by atoms with Gasteiger partial charge in [0, 0.05) is 12.3 Å². The van der Waals surface area contributed by atoms with Crippen molar-refractivity contribution in [2.45, 2.75) is 6.54 Å². The van der Waals surface area contributed by atoms with Crippen LogP contribution in [-0.4, -0.2) is 29.9 Å². The Morgan fingerprint density at radius 1 is 1.19 bits per heavy atom. The third kappa shape index (κ3) is 4.46. The number of ether oxygens (including phenoxy) is 2. The molecule has 0 bridgehead atoms. The summed E-state index contributed by atoms with van der Waals surface area (Å²) in [6, 6.07) is 11.1. The first-order valence-corrected chi connectivity index (χ1v) is 8.80. The topological polar surface area (TPSA) is 65.4 Å². The van der Waals surface area contributed by atoms with Gasteiger partial charge in [0.05, 0.1) is 30.8 Å². The summed E-state index contributed by atoms with van der Waals surface area (Å²) in [5.74, 6) is 0.714. The Hall–Kier alpha value is -2.87. The molecule has 1 N–H and O–H groups in total. The van der Waals surface area contributed by atoms with E-state index in [0.29, 0.717) is 33.9 Å². The van der Waals surface area contributed by atoms with Crippen LogP contribution >= 0.6 is 15.9 Å². The summed E-state index contributed by atoms with van der Waals surface area (Å²) in [5, 5.41) is 7.12. The smallest absolute Gasteiger partial charge is 0.260 e. The van der Waals surface area contributed by atoms with Gasteiger partial charge in [0.2, 0.25) is 0 Å². The van der Waals surface area contributed by atoms with E-state index in [1.807, 2.05) is 0 Å². The summed E-state index contributed by atoms with van der Waals surface area (Å²) in [7, 11) is 3.03. The van der Waals surface area contributed by atoms with Gasteiger partial charge >= 0.3 is 0 Å². The second-order valence-corrected chi connectivity index (χ2v) is 6.52. The maximum atomic E-state index is 13.0. The van der Waals surface area contributed by atoms with Crippen molar-refractivity contribution >= 4 is 27.7 Å². The molecule has 0 radical (unpaired) electrons. The van der Waals surface area contributed by atoms with Crippen LogP contribution in [0.2, 0.25) is 0 Å². The van der Waals surface area contributed by atoms with Gasteiger partial charge < -0.3 is 14.8 Å². The number of amides is 1. The van der Waals surface area contributed by atoms with Gasteiger partial charge in [0.25, 0.3) is 5.91 Å². The van der Waals surface area contributed by atoms with Gasteiger partial charge in [-0.15, -0.1) is 0 Å². The zero-order valence-corrected chi connectivity index (χ0v) is 16.3. The van der Waals surface area contributed by atoms with Gasteiger partial charge in [-0.3, -0.25) is 9.48 Å². The summed E-state index contributed by atoms with van der Waals surface area (Å²) in [6.45, 7) is 0.445. The van der Waals surface area contributed by atoms with Crippen LogP contribution in [0.3, 0.4) is 0 Å². The third-order valence-corrected chi connectivity index (χ3v) is 4.44. The van der Waals surface area contributed by atoms with Crippen LogP contribution in [0.25, 0.3) is 0 Å². The van der Waals surface area contributed by atoms with Crippen LogP contribution < -0.4 is 14.8 Å². The molecule has 3 rings (SSSR count). The number of methoxy groups -OCH3 is 2. The lowest BCUT2D eigenvalue weighted by atomic mass is 10.1. The predicted molar refractivity (Wildman–Crippen MR) is 103 cm³/mol. The number of benzene rings is 2. The number of halogens is 2. The van der Waals surface area contributed by atoms with Crippen molar-refractivity contribution in [2.75, 3.05) is 19.5 Å². The van der Waals surface area contributed by atoms with Crippen molar-refractivity contribution in [1.29, 1.82) is 0 Å². The van der Waals surface area contributed by atoms with Gasteiger partial charge in [0.1, 0.15) is 17.3 Å². The Kier molecular flexibility index (Phi) is 5.75. The van der Waals surface area contributed by atoms with Gasteiger partial charge in [-0.25, -0.2) is 4.39 Å². The molecule has 0 spiro atoms. The molecule has 0 saturated carbocycles. The zero-order valence-electron chi connectivity index (χ0n) is 14.7. The summed E-state index contributed by atoms with van der Waals surface area (Å²) >= 11 is 3.39. The Balaban J connectivity index is 1.77. The Bertz CT molecular complexity index is 957. The minimum absolute atomic E-state index is 0.290. The van der Waals surface area contributed by atoms with E-state index in [9.17, 15) is 9.18 Å². The molecule has 0 unspecified atom stereocenters. The average Bonchev–Trinajstić information content (AvgIpc) is 3.01. The number of carbonyl (C=O) groups excluding carboxylic acids is 1. The lowest BCUT2D eigenvalue weighted by molar-refractivity contribution is 0.102. The lowest BCUT2D eigenvalue weighted by Crippen LogP contribution is -2.14. The Morgan fingerprint density at radius 2 is 1.93 bits per heavy atom. The van der Waals surface area contributed by atoms with Gasteiger partial charge in [-0.05, 0) is 45.8 Å². The average molecular weight is 434 g/mol. The van der Waals surface area contributed by atoms with E-state index in [-0.39, 0.29) is 11.7 Å². The highest BCUT2D eigenvalue weighted by molar-refractivity contribution is 9.10. The number of hydrogen-bond donors (Lipinski definition) is 1. The lowest BCUT2D eigenvalue weighted by Gasteiger charge is -2.10. The van der Waals surface area contributed by atoms with E-state index in [1.54, 1.807) is 48.3 Å². The van der Waals surface area contributed by atoms with Crippen molar-refractivity contribution in [3.05, 3.63) is 70.1 Å². The largest absolute Gasteiger partial charge is 0.497 e. The van der Waals surface area contributed by atoms with Gasteiger partial charge in [-0.1, -0.05) is 12.1 Å². The van der Waals surface area contributed by atoms with E-state index in [0.717, 1.165) is 5.56 Å². The summed E-state index contributed by atoms with van der Waals surface area (Å²) in [5.41, 5.74) is 1.25. The molecular weight excluding hydrogens is 417 g/mol. The molecular formula is C19H17BrFN3O3. The molecule has 2 aromatic carbocycles. The minimum Gasteiger partial charge on any atom is -0.497 e. The number of hydrogen-bond acceptors (Lipinski definition) is 4. The number of nitrogens with one attached hydrogen (secondary N) is 1. The minimum atomic E-state index is -0.359. The molecule has 1 heterocycles. The molecule has 0 aliphatic rings. The van der Waals surface area contributed by atoms with E-state index in [1.165, 1.54) is 19.2 Å². The van der Waals surface area contributed by atoms with Gasteiger partial charge in [0.15, 0.2) is 5.82 Å². The first kappa shape index (κ1) is 18.9. The normalized spacial score (nSPS) is 10.5. The highest BCUT2D eigenvalue weighted by Gasteiger charge is 2.16. The van der Waals surface area contributed by atoms with Crippen molar-refractivity contribution in [2.24, 2.45) is 0 Å². The first-order valence-electron chi connectivity index (χ1n) is 8.01. The molecule has 1 aromatic heterocycles. The van der Waals surface area contributed by atoms with Crippen molar-refractivity contribution in [3.8, 4) is 11.5 Å². The summed E-state index contributed by atoms with van der Waals surface area (Å²) in [6.07, 6.45) is 1.74. The fourth-order valence-electron chi connectivity index (χ4n) is 2.50. The van der Waals surface area contributed by atoms with E-state index in [4.69, 9.17) is 9.47 Å². The van der Waals surface area contributed by atoms with Crippen molar-refractivity contribution in [1.82, 2.24) is 9.78 Å². The number of aromatic nitrogens is 2. The quantitative estimate of drug-likeness (QED) is 0.635. The number of nitrogens with zero attached hydrogens (tertiary/aromatic N) is 2. The second-order valence-electron chi connectivity index (χ2n) is 5.67. The van der Waals surface area contributed by atoms with Crippen molar-refractivity contribution < 1.29 is 18.7 Å². The first-order chi connectivity index (χ1) is 13.0. The monoisotopic (exact) mass is 433 g/mol. The maximum absolute atomic E-state index is 13.0. The standard InChI is InChI=1S/C19H17BrFN3O3/c1-26-14-7-8-15(17(9-14)27-2)19(25)22-18-16(20)11-24(23-18)10-12-3-5-13(21)6-4-12/h3-9,11H,10H2,1-2H3,(H,22,23,25). The SMILES string of the molecule is COc1ccc(C(=O)Nc2nn(Cc3ccc(F)cc3)cc2Br)c(OC)c1. The molecule has 1 amide bonds. The third-order valence-electron chi connectivity index (χ3n) is 3.86. The molecule has 0 aliphatic heterocycles. The van der Waals surface area contributed by atoms with Gasteiger partial charge in [-0.2, -0.15) is 5.10 Å². The molecule has 0 saturated heterocycles. The summed E-state index contributed by atoms with van der Waals surface area (Å²) < 4.78 is 25.7. The van der Waals surface area contributed by atoms with E-state index in [2.05, 4.69) is 26.3 Å². The Morgan fingerprint density at radius 3 is 2.59 bits per heavy atom. The zero-order chi connectivity index (χ0) is 19.4. The van der Waals surface area contributed by atoms with Crippen LogP contribution in [0.4, 0.5) is 10.2 Å². The highest BCUT2D eigenvalue weighted by Crippen LogP contribution is 2.27. The van der Waals surface area contributed by atoms with Crippen LogP contribution in [-0.2, 0) is 6.54 Å². The predicted octanol–water partition coefficient (Wildman–Crippen LogP) is 4.10. The molecule has 3 aromatic rings.